The molecule has 0 saturated carbocycles. The van der Waals surface area contributed by atoms with Gasteiger partial charge in [-0.05, 0) is 89.3 Å². The van der Waals surface area contributed by atoms with Gasteiger partial charge in [-0.25, -0.2) is 4.39 Å². The summed E-state index contributed by atoms with van der Waals surface area (Å²) >= 11 is 0. The maximum Gasteiger partial charge on any atom is 0.123 e. The molecule has 28 heavy (non-hydrogen) atoms. The zero-order valence-corrected chi connectivity index (χ0v) is 17.4. The Morgan fingerprint density at radius 2 is 1.61 bits per heavy atom. The van der Waals surface area contributed by atoms with E-state index in [1.54, 1.807) is 0 Å². The minimum Gasteiger partial charge on any atom is -0.335 e. The number of halogens is 1. The highest BCUT2D eigenvalue weighted by Crippen LogP contribution is 2.41. The topological polar surface area (TPSA) is 15.7 Å². The van der Waals surface area contributed by atoms with Crippen molar-refractivity contribution >= 4 is 11.4 Å². The van der Waals surface area contributed by atoms with Gasteiger partial charge < -0.3 is 4.90 Å². The molecule has 0 bridgehead atoms. The number of fused-ring (bicyclic) bond motifs is 1. The van der Waals surface area contributed by atoms with Crippen LogP contribution in [0.5, 0.6) is 0 Å². The summed E-state index contributed by atoms with van der Waals surface area (Å²) in [6.07, 6.45) is 4.45. The van der Waals surface area contributed by atoms with Crippen LogP contribution in [0.2, 0.25) is 0 Å². The van der Waals surface area contributed by atoms with Gasteiger partial charge in [0.05, 0.1) is 12.6 Å². The summed E-state index contributed by atoms with van der Waals surface area (Å²) in [5.74, 6) is -0.208. The van der Waals surface area contributed by atoms with Crippen molar-refractivity contribution < 1.29 is 9.23 Å². The smallest absolute Gasteiger partial charge is 0.123 e. The number of piperidine rings is 1. The summed E-state index contributed by atoms with van der Waals surface area (Å²) in [6.45, 7) is 9.70. The summed E-state index contributed by atoms with van der Waals surface area (Å²) in [4.78, 5) is 8.83. The second kappa shape index (κ2) is 7.16. The highest BCUT2D eigenvalue weighted by molar-refractivity contribution is 5.71. The van der Waals surface area contributed by atoms with Crippen LogP contribution in [0.15, 0.2) is 48.5 Å². The number of hydrogen-bond donors (Lipinski definition) is 0. The van der Waals surface area contributed by atoms with Crippen molar-refractivity contribution in [2.24, 2.45) is 0 Å². The molecule has 0 N–H and O–H groups in total. The van der Waals surface area contributed by atoms with Crippen molar-refractivity contribution in [2.75, 3.05) is 11.5 Å². The fraction of sp³-hybridized carbons (Fsp3) is 0.500. The van der Waals surface area contributed by atoms with Gasteiger partial charge in [0.2, 0.25) is 0 Å². The van der Waals surface area contributed by atoms with Gasteiger partial charge in [-0.1, -0.05) is 18.2 Å². The van der Waals surface area contributed by atoms with Crippen molar-refractivity contribution in [3.8, 4) is 0 Å². The standard InChI is InChI=1S/C24H31FN2O/c1-23(2)14-7-15-24(3,4)27(23)28-17-21-16-18-8-5-6-9-22(18)26(21)20-12-10-19(25)11-13-20/h5-6,8-13,21H,7,14-17H2,1-4H3. The van der Waals surface area contributed by atoms with E-state index >= 15 is 0 Å². The van der Waals surface area contributed by atoms with E-state index < -0.39 is 0 Å². The van der Waals surface area contributed by atoms with Gasteiger partial charge in [-0.15, -0.1) is 0 Å². The number of benzene rings is 2. The molecular formula is C24H31FN2O. The molecule has 0 amide bonds. The molecule has 2 aromatic carbocycles. The summed E-state index contributed by atoms with van der Waals surface area (Å²) in [7, 11) is 0. The lowest BCUT2D eigenvalue weighted by molar-refractivity contribution is -0.282. The fourth-order valence-electron chi connectivity index (χ4n) is 5.03. The zero-order chi connectivity index (χ0) is 19.9. The Kier molecular flexibility index (Phi) is 4.96. The molecule has 3 nitrogen and oxygen atoms in total. The Morgan fingerprint density at radius 3 is 2.29 bits per heavy atom. The van der Waals surface area contributed by atoms with Crippen LogP contribution in [-0.2, 0) is 11.3 Å². The fourth-order valence-corrected chi connectivity index (χ4v) is 5.03. The normalized spacial score (nSPS) is 23.6. The van der Waals surface area contributed by atoms with E-state index in [1.165, 1.54) is 29.8 Å². The van der Waals surface area contributed by atoms with Gasteiger partial charge in [0.1, 0.15) is 5.82 Å². The van der Waals surface area contributed by atoms with Crippen LogP contribution in [0.4, 0.5) is 15.8 Å². The zero-order valence-electron chi connectivity index (χ0n) is 17.4. The van der Waals surface area contributed by atoms with Crippen molar-refractivity contribution in [3.05, 3.63) is 59.9 Å². The van der Waals surface area contributed by atoms with Gasteiger partial charge in [0.15, 0.2) is 0 Å². The van der Waals surface area contributed by atoms with E-state index in [2.05, 4.69) is 61.9 Å². The maximum atomic E-state index is 13.5. The van der Waals surface area contributed by atoms with Crippen LogP contribution in [0, 0.1) is 5.82 Å². The van der Waals surface area contributed by atoms with Gasteiger partial charge >= 0.3 is 0 Å². The SMILES string of the molecule is CC1(C)CCCC(C)(C)N1OCC1Cc2ccccc2N1c1ccc(F)cc1. The first-order valence-electron chi connectivity index (χ1n) is 10.3. The lowest BCUT2D eigenvalue weighted by atomic mass is 9.82. The number of para-hydroxylation sites is 1. The predicted molar refractivity (Wildman–Crippen MR) is 112 cm³/mol. The maximum absolute atomic E-state index is 13.5. The molecule has 2 aliphatic rings. The second-order valence-electron chi connectivity index (χ2n) is 9.40. The molecule has 2 aromatic rings. The van der Waals surface area contributed by atoms with Crippen LogP contribution >= 0.6 is 0 Å². The molecule has 0 aromatic heterocycles. The largest absolute Gasteiger partial charge is 0.335 e. The molecule has 1 unspecified atom stereocenters. The highest BCUT2D eigenvalue weighted by atomic mass is 19.1. The number of rotatable bonds is 4. The monoisotopic (exact) mass is 382 g/mol. The number of nitrogens with zero attached hydrogens (tertiary/aromatic N) is 2. The molecular weight excluding hydrogens is 351 g/mol. The lowest BCUT2D eigenvalue weighted by Gasteiger charge is -2.51. The molecule has 4 rings (SSSR count). The van der Waals surface area contributed by atoms with Crippen LogP contribution < -0.4 is 4.90 Å². The van der Waals surface area contributed by atoms with Crippen molar-refractivity contribution in [1.29, 1.82) is 0 Å². The molecule has 1 atom stereocenters. The molecule has 0 radical (unpaired) electrons. The van der Waals surface area contributed by atoms with Crippen molar-refractivity contribution in [2.45, 2.75) is 70.5 Å². The van der Waals surface area contributed by atoms with Gasteiger partial charge in [-0.3, -0.25) is 4.84 Å². The van der Waals surface area contributed by atoms with E-state index in [9.17, 15) is 4.39 Å². The number of anilines is 2. The third-order valence-corrected chi connectivity index (χ3v) is 6.25. The van der Waals surface area contributed by atoms with Crippen LogP contribution in [-0.4, -0.2) is 28.8 Å². The first-order chi connectivity index (χ1) is 13.3. The van der Waals surface area contributed by atoms with Crippen molar-refractivity contribution in [3.63, 3.8) is 0 Å². The van der Waals surface area contributed by atoms with E-state index in [1.807, 2.05) is 12.1 Å². The second-order valence-corrected chi connectivity index (χ2v) is 9.40. The van der Waals surface area contributed by atoms with E-state index in [0.717, 1.165) is 24.9 Å². The lowest BCUT2D eigenvalue weighted by Crippen LogP contribution is -2.59. The Hall–Kier alpha value is -1.91. The Morgan fingerprint density at radius 1 is 0.964 bits per heavy atom. The van der Waals surface area contributed by atoms with Crippen LogP contribution in [0.3, 0.4) is 0 Å². The Bertz CT molecular complexity index is 815. The first-order valence-corrected chi connectivity index (χ1v) is 10.3. The highest BCUT2D eigenvalue weighted by Gasteiger charge is 2.43. The van der Waals surface area contributed by atoms with Gasteiger partial charge in [0.25, 0.3) is 0 Å². The van der Waals surface area contributed by atoms with E-state index in [4.69, 9.17) is 4.84 Å². The minimum atomic E-state index is -0.208. The quantitative estimate of drug-likeness (QED) is 0.658. The Balaban J connectivity index is 1.59. The molecule has 1 fully saturated rings. The van der Waals surface area contributed by atoms with Crippen molar-refractivity contribution in [1.82, 2.24) is 5.06 Å². The summed E-state index contributed by atoms with van der Waals surface area (Å²) < 4.78 is 13.5. The summed E-state index contributed by atoms with van der Waals surface area (Å²) in [5, 5.41) is 2.23. The molecule has 1 saturated heterocycles. The molecule has 4 heteroatoms. The third-order valence-electron chi connectivity index (χ3n) is 6.25. The van der Waals surface area contributed by atoms with Crippen LogP contribution in [0.25, 0.3) is 0 Å². The van der Waals surface area contributed by atoms with E-state index in [0.29, 0.717) is 6.61 Å². The predicted octanol–water partition coefficient (Wildman–Crippen LogP) is 5.86. The summed E-state index contributed by atoms with van der Waals surface area (Å²) in [5.41, 5.74) is 3.57. The minimum absolute atomic E-state index is 0.0217. The molecule has 0 aliphatic carbocycles. The van der Waals surface area contributed by atoms with Gasteiger partial charge in [0, 0.05) is 22.5 Å². The molecule has 2 aliphatic heterocycles. The third kappa shape index (κ3) is 3.56. The van der Waals surface area contributed by atoms with Crippen LogP contribution in [0.1, 0.15) is 52.5 Å². The summed E-state index contributed by atoms with van der Waals surface area (Å²) in [6, 6.07) is 15.5. The molecule has 0 spiro atoms. The number of hydroxylamine groups is 2. The first kappa shape index (κ1) is 19.4. The number of hydrogen-bond acceptors (Lipinski definition) is 3. The van der Waals surface area contributed by atoms with Gasteiger partial charge in [-0.2, -0.15) is 5.06 Å². The molecule has 2 heterocycles. The average Bonchev–Trinajstić information content (AvgIpc) is 2.99. The molecule has 150 valence electrons. The van der Waals surface area contributed by atoms with E-state index in [-0.39, 0.29) is 22.9 Å². The Labute approximate surface area is 168 Å². The average molecular weight is 383 g/mol.